The number of aromatic nitrogens is 3. The van der Waals surface area contributed by atoms with Crippen molar-refractivity contribution in [3.8, 4) is 22.4 Å². The number of aryl methyl sites for hydroxylation is 2. The summed E-state index contributed by atoms with van der Waals surface area (Å²) >= 11 is 0. The van der Waals surface area contributed by atoms with Crippen molar-refractivity contribution in [1.29, 1.82) is 0 Å². The van der Waals surface area contributed by atoms with E-state index in [9.17, 15) is 14.7 Å². The summed E-state index contributed by atoms with van der Waals surface area (Å²) in [5, 5.41) is 11.7. The Balaban J connectivity index is 2.08. The molecule has 1 aliphatic carbocycles. The minimum atomic E-state index is -0.902. The summed E-state index contributed by atoms with van der Waals surface area (Å²) in [5.74, 6) is 0. The first-order chi connectivity index (χ1) is 14.7. The third kappa shape index (κ3) is 2.45. The smallest absolute Gasteiger partial charge is 0.332 e. The van der Waals surface area contributed by atoms with Crippen molar-refractivity contribution in [3.05, 3.63) is 85.1 Å². The maximum atomic E-state index is 13.4. The first-order valence-corrected chi connectivity index (χ1v) is 10.2. The molecular weight excluding hydrogens is 390 g/mol. The third-order valence-electron chi connectivity index (χ3n) is 6.74. The molecule has 0 radical (unpaired) electrons. The van der Waals surface area contributed by atoms with Crippen LogP contribution in [0.3, 0.4) is 0 Å². The van der Waals surface area contributed by atoms with Gasteiger partial charge in [-0.25, -0.2) is 9.78 Å². The van der Waals surface area contributed by atoms with E-state index in [1.165, 1.54) is 11.6 Å². The lowest BCUT2D eigenvalue weighted by atomic mass is 9.88. The van der Waals surface area contributed by atoms with E-state index in [2.05, 4.69) is 13.8 Å². The predicted octanol–water partition coefficient (Wildman–Crippen LogP) is 3.29. The number of hydrogen-bond donors (Lipinski definition) is 1. The van der Waals surface area contributed by atoms with Crippen molar-refractivity contribution in [1.82, 2.24) is 14.1 Å². The lowest BCUT2D eigenvalue weighted by Gasteiger charge is -2.19. The van der Waals surface area contributed by atoms with Gasteiger partial charge in [0.25, 0.3) is 5.56 Å². The van der Waals surface area contributed by atoms with Gasteiger partial charge in [0, 0.05) is 30.8 Å². The predicted molar refractivity (Wildman–Crippen MR) is 121 cm³/mol. The third-order valence-corrected chi connectivity index (χ3v) is 6.74. The topological polar surface area (TPSA) is 77.1 Å². The van der Waals surface area contributed by atoms with Crippen LogP contribution in [0, 0.1) is 20.8 Å². The van der Waals surface area contributed by atoms with Crippen molar-refractivity contribution in [3.63, 3.8) is 0 Å². The molecule has 4 aromatic rings. The number of aliphatic hydroxyl groups excluding tert-OH is 1. The zero-order valence-corrected chi connectivity index (χ0v) is 18.1. The molecule has 0 saturated carbocycles. The Bertz CT molecular complexity index is 1540. The van der Waals surface area contributed by atoms with Crippen molar-refractivity contribution >= 4 is 11.0 Å². The molecule has 0 aliphatic heterocycles. The summed E-state index contributed by atoms with van der Waals surface area (Å²) in [6, 6.07) is 11.6. The Labute approximate surface area is 179 Å². The molecule has 5 rings (SSSR count). The van der Waals surface area contributed by atoms with Crippen LogP contribution in [0.25, 0.3) is 33.4 Å². The molecular formula is C25H23N3O3. The van der Waals surface area contributed by atoms with E-state index in [0.29, 0.717) is 27.9 Å². The molecule has 6 heteroatoms. The fourth-order valence-corrected chi connectivity index (χ4v) is 4.69. The lowest BCUT2D eigenvalue weighted by Crippen LogP contribution is -2.37. The first-order valence-electron chi connectivity index (χ1n) is 10.2. The Morgan fingerprint density at radius 1 is 0.903 bits per heavy atom. The van der Waals surface area contributed by atoms with E-state index >= 15 is 0 Å². The lowest BCUT2D eigenvalue weighted by molar-refractivity contribution is 0.225. The highest BCUT2D eigenvalue weighted by atomic mass is 16.3. The molecule has 2 aromatic carbocycles. The molecule has 1 N–H and O–H groups in total. The minimum absolute atomic E-state index is 0.323. The molecule has 0 bridgehead atoms. The van der Waals surface area contributed by atoms with Crippen molar-refractivity contribution in [2.45, 2.75) is 26.9 Å². The normalized spacial score (nSPS) is 14.7. The van der Waals surface area contributed by atoms with Crippen LogP contribution in [0.4, 0.5) is 0 Å². The number of pyridine rings is 1. The summed E-state index contributed by atoms with van der Waals surface area (Å²) in [6.45, 7) is 6.13. The van der Waals surface area contributed by atoms with Crippen molar-refractivity contribution < 1.29 is 5.11 Å². The van der Waals surface area contributed by atoms with Crippen LogP contribution in [0.15, 0.2) is 46.0 Å². The van der Waals surface area contributed by atoms with Gasteiger partial charge in [0.05, 0.1) is 11.1 Å². The van der Waals surface area contributed by atoms with Gasteiger partial charge in [-0.05, 0) is 48.6 Å². The number of rotatable bonds is 1. The number of aliphatic hydroxyl groups is 1. The van der Waals surface area contributed by atoms with Gasteiger partial charge in [-0.3, -0.25) is 13.9 Å². The standard InChI is InChI=1S/C25H23N3O3/c1-12-10-11-15(14(3)13(12)2)18-19-21(16-8-6-7-9-17(16)22(19)29)26-23-20(18)24(30)28(5)25(31)27(23)4/h6-11,22,29H,1-5H3/t22-/m1/s1. The Hall–Kier alpha value is -3.51. The second kappa shape index (κ2) is 6.49. The fraction of sp³-hybridized carbons (Fsp3) is 0.240. The van der Waals surface area contributed by atoms with Gasteiger partial charge < -0.3 is 5.11 Å². The van der Waals surface area contributed by atoms with E-state index in [0.717, 1.165) is 37.9 Å². The molecule has 0 unspecified atom stereocenters. The zero-order chi connectivity index (χ0) is 22.2. The van der Waals surface area contributed by atoms with Crippen LogP contribution in [-0.2, 0) is 14.1 Å². The summed E-state index contributed by atoms with van der Waals surface area (Å²) in [7, 11) is 3.09. The summed E-state index contributed by atoms with van der Waals surface area (Å²) < 4.78 is 2.51. The zero-order valence-electron chi connectivity index (χ0n) is 18.1. The average molecular weight is 413 g/mol. The van der Waals surface area contributed by atoms with E-state index in [4.69, 9.17) is 4.98 Å². The Morgan fingerprint density at radius 3 is 2.35 bits per heavy atom. The van der Waals surface area contributed by atoms with E-state index in [-0.39, 0.29) is 0 Å². The highest BCUT2D eigenvalue weighted by molar-refractivity contribution is 6.00. The fourth-order valence-electron chi connectivity index (χ4n) is 4.69. The second-order valence-corrected chi connectivity index (χ2v) is 8.32. The average Bonchev–Trinajstić information content (AvgIpc) is 3.06. The van der Waals surface area contributed by atoms with Crippen LogP contribution < -0.4 is 11.2 Å². The van der Waals surface area contributed by atoms with Crippen LogP contribution in [0.5, 0.6) is 0 Å². The molecule has 2 heterocycles. The van der Waals surface area contributed by atoms with Crippen molar-refractivity contribution in [2.24, 2.45) is 14.1 Å². The van der Waals surface area contributed by atoms with Crippen LogP contribution in [0.2, 0.25) is 0 Å². The SMILES string of the molecule is Cc1ccc(-c2c3c(nc4c2c(=O)n(C)c(=O)n4C)-c2ccccc2[C@H]3O)c(C)c1C. The molecule has 1 atom stereocenters. The maximum Gasteiger partial charge on any atom is 0.332 e. The van der Waals surface area contributed by atoms with E-state index in [1.54, 1.807) is 7.05 Å². The van der Waals surface area contributed by atoms with Gasteiger partial charge in [0.15, 0.2) is 5.65 Å². The van der Waals surface area contributed by atoms with E-state index < -0.39 is 17.4 Å². The maximum absolute atomic E-state index is 13.4. The largest absolute Gasteiger partial charge is 0.384 e. The minimum Gasteiger partial charge on any atom is -0.384 e. The van der Waals surface area contributed by atoms with Crippen LogP contribution in [0.1, 0.15) is 33.9 Å². The molecule has 156 valence electrons. The highest BCUT2D eigenvalue weighted by Crippen LogP contribution is 2.49. The first kappa shape index (κ1) is 19.5. The molecule has 31 heavy (non-hydrogen) atoms. The van der Waals surface area contributed by atoms with Crippen LogP contribution in [-0.4, -0.2) is 19.2 Å². The van der Waals surface area contributed by atoms with E-state index in [1.807, 2.05) is 43.3 Å². The number of fused-ring (bicyclic) bond motifs is 4. The molecule has 0 saturated heterocycles. The van der Waals surface area contributed by atoms with Crippen molar-refractivity contribution in [2.75, 3.05) is 0 Å². The molecule has 2 aromatic heterocycles. The van der Waals surface area contributed by atoms with Gasteiger partial charge in [-0.2, -0.15) is 0 Å². The Kier molecular flexibility index (Phi) is 4.07. The summed E-state index contributed by atoms with van der Waals surface area (Å²) in [6.07, 6.45) is -0.902. The van der Waals surface area contributed by atoms with Gasteiger partial charge in [-0.15, -0.1) is 0 Å². The van der Waals surface area contributed by atoms with Gasteiger partial charge in [0.1, 0.15) is 6.10 Å². The van der Waals surface area contributed by atoms with Gasteiger partial charge in [0.2, 0.25) is 0 Å². The van der Waals surface area contributed by atoms with Crippen LogP contribution >= 0.6 is 0 Å². The second-order valence-electron chi connectivity index (χ2n) is 8.32. The molecule has 0 spiro atoms. The number of hydrogen-bond acceptors (Lipinski definition) is 4. The number of benzene rings is 2. The quantitative estimate of drug-likeness (QED) is 0.520. The molecule has 0 fully saturated rings. The van der Waals surface area contributed by atoms with Gasteiger partial charge in [-0.1, -0.05) is 36.4 Å². The Morgan fingerprint density at radius 2 is 1.61 bits per heavy atom. The van der Waals surface area contributed by atoms with Gasteiger partial charge >= 0.3 is 5.69 Å². The molecule has 1 aliphatic rings. The molecule has 6 nitrogen and oxygen atoms in total. The summed E-state index contributed by atoms with van der Waals surface area (Å²) in [4.78, 5) is 30.8. The number of nitrogens with zero attached hydrogens (tertiary/aromatic N) is 3. The summed E-state index contributed by atoms with van der Waals surface area (Å²) in [5.41, 5.74) is 7.13. The highest BCUT2D eigenvalue weighted by Gasteiger charge is 2.34. The monoisotopic (exact) mass is 413 g/mol. The molecule has 0 amide bonds.